The second-order valence-electron chi connectivity index (χ2n) is 7.87. The van der Waals surface area contributed by atoms with Gasteiger partial charge in [-0.05, 0) is 81.6 Å². The molecule has 1 aliphatic heterocycles. The molecule has 8 nitrogen and oxygen atoms in total. The van der Waals surface area contributed by atoms with Crippen LogP contribution in [0.5, 0.6) is 11.5 Å². The van der Waals surface area contributed by atoms with Gasteiger partial charge in [-0.3, -0.25) is 24.6 Å². The zero-order valence-corrected chi connectivity index (χ0v) is 22.6. The van der Waals surface area contributed by atoms with Crippen LogP contribution in [0, 0.1) is 10.1 Å². The maximum Gasteiger partial charge on any atom is 0.293 e. The van der Waals surface area contributed by atoms with Gasteiger partial charge >= 0.3 is 0 Å². The number of halogens is 2. The first-order valence-corrected chi connectivity index (χ1v) is 13.1. The summed E-state index contributed by atoms with van der Waals surface area (Å²) in [6.07, 6.45) is 1.61. The monoisotopic (exact) mass is 602 g/mol. The Kier molecular flexibility index (Phi) is 8.52. The fourth-order valence-corrected chi connectivity index (χ4v) is 5.09. The molecule has 0 bridgehead atoms. The molecule has 0 unspecified atom stereocenters. The molecule has 0 atom stereocenters. The molecule has 0 N–H and O–H groups in total. The van der Waals surface area contributed by atoms with E-state index in [1.54, 1.807) is 36.4 Å². The molecule has 1 fully saturated rings. The number of non-ortho nitro benzene ring substituents is 1. The molecule has 1 saturated heterocycles. The van der Waals surface area contributed by atoms with Crippen LogP contribution < -0.4 is 9.47 Å². The molecule has 0 spiro atoms. The minimum Gasteiger partial charge on any atom is -0.490 e. The van der Waals surface area contributed by atoms with E-state index >= 15 is 0 Å². The van der Waals surface area contributed by atoms with E-state index in [1.165, 1.54) is 18.2 Å². The van der Waals surface area contributed by atoms with Gasteiger partial charge in [0.05, 0.1) is 27.5 Å². The van der Waals surface area contributed by atoms with E-state index in [4.69, 9.17) is 21.1 Å². The Hall–Kier alpha value is -3.34. The molecule has 3 aromatic rings. The van der Waals surface area contributed by atoms with Crippen LogP contribution in [0.2, 0.25) is 5.02 Å². The Bertz CT molecular complexity index is 1400. The van der Waals surface area contributed by atoms with Crippen LogP contribution in [0.25, 0.3) is 6.08 Å². The number of carbonyl (C=O) groups excluding carboxylic acids is 2. The number of hydrogen-bond donors (Lipinski definition) is 0. The highest BCUT2D eigenvalue weighted by atomic mass is 79.9. The molecule has 0 aromatic heterocycles. The predicted molar refractivity (Wildman–Crippen MR) is 146 cm³/mol. The van der Waals surface area contributed by atoms with E-state index in [1.807, 2.05) is 19.1 Å². The SMILES string of the molecule is CCOc1cc(/C=C2/SC(=O)N(Cc3cccc([N+](=O)[O-])c3)C2=O)cc(Br)c1OCc1ccc(Cl)cc1. The van der Waals surface area contributed by atoms with Gasteiger partial charge < -0.3 is 9.47 Å². The first-order valence-electron chi connectivity index (χ1n) is 11.1. The highest BCUT2D eigenvalue weighted by molar-refractivity contribution is 9.10. The largest absolute Gasteiger partial charge is 0.490 e. The fourth-order valence-electron chi connectivity index (χ4n) is 3.55. The highest BCUT2D eigenvalue weighted by Gasteiger charge is 2.35. The molecule has 37 heavy (non-hydrogen) atoms. The van der Waals surface area contributed by atoms with Crippen LogP contribution in [0.4, 0.5) is 10.5 Å². The van der Waals surface area contributed by atoms with Crippen molar-refractivity contribution in [3.05, 3.63) is 102 Å². The molecular formula is C26H20BrClN2O6S. The Morgan fingerprint density at radius 3 is 2.54 bits per heavy atom. The van der Waals surface area contributed by atoms with E-state index < -0.39 is 16.1 Å². The molecule has 190 valence electrons. The Labute approximate surface area is 230 Å². The van der Waals surface area contributed by atoms with Gasteiger partial charge in [0.15, 0.2) is 11.5 Å². The number of benzene rings is 3. The second-order valence-corrected chi connectivity index (χ2v) is 10.2. The number of thioether (sulfide) groups is 1. The minimum absolute atomic E-state index is 0.0605. The van der Waals surface area contributed by atoms with Crippen molar-refractivity contribution in [2.24, 2.45) is 0 Å². The standard InChI is InChI=1S/C26H20BrClN2O6S/c1-2-35-22-12-18(11-21(27)24(22)36-15-16-6-8-19(28)9-7-16)13-23-25(31)29(26(32)37-23)14-17-4-3-5-20(10-17)30(33)34/h3-13H,2,14-15H2,1H3/b23-13+. The lowest BCUT2D eigenvalue weighted by atomic mass is 10.1. The second kappa shape index (κ2) is 11.8. The smallest absolute Gasteiger partial charge is 0.293 e. The van der Waals surface area contributed by atoms with E-state index in [9.17, 15) is 19.7 Å². The van der Waals surface area contributed by atoms with E-state index in [0.717, 1.165) is 22.2 Å². The van der Waals surface area contributed by atoms with Crippen LogP contribution in [0.1, 0.15) is 23.6 Å². The molecule has 0 saturated carbocycles. The molecule has 1 aliphatic rings. The number of carbonyl (C=O) groups is 2. The van der Waals surface area contributed by atoms with E-state index in [0.29, 0.717) is 45.3 Å². The lowest BCUT2D eigenvalue weighted by Crippen LogP contribution is -2.27. The average Bonchev–Trinajstić information content (AvgIpc) is 3.12. The predicted octanol–water partition coefficient (Wildman–Crippen LogP) is 7.22. The number of nitro groups is 1. The molecular weight excluding hydrogens is 584 g/mol. The summed E-state index contributed by atoms with van der Waals surface area (Å²) in [6.45, 7) is 2.48. The van der Waals surface area contributed by atoms with Crippen molar-refractivity contribution in [3.8, 4) is 11.5 Å². The van der Waals surface area contributed by atoms with Crippen molar-refractivity contribution in [1.29, 1.82) is 0 Å². The quantitative estimate of drug-likeness (QED) is 0.145. The van der Waals surface area contributed by atoms with Gasteiger partial charge in [0, 0.05) is 17.2 Å². The fraction of sp³-hybridized carbons (Fsp3) is 0.154. The van der Waals surface area contributed by atoms with Gasteiger partial charge in [-0.25, -0.2) is 0 Å². The number of ether oxygens (including phenoxy) is 2. The van der Waals surface area contributed by atoms with Gasteiger partial charge in [0.25, 0.3) is 16.8 Å². The van der Waals surface area contributed by atoms with Crippen LogP contribution >= 0.6 is 39.3 Å². The lowest BCUT2D eigenvalue weighted by molar-refractivity contribution is -0.384. The summed E-state index contributed by atoms with van der Waals surface area (Å²) < 4.78 is 12.4. The normalized spacial score (nSPS) is 14.4. The molecule has 0 radical (unpaired) electrons. The summed E-state index contributed by atoms with van der Waals surface area (Å²) in [5, 5.41) is 11.2. The summed E-state index contributed by atoms with van der Waals surface area (Å²) in [5.41, 5.74) is 1.95. The Balaban J connectivity index is 1.54. The summed E-state index contributed by atoms with van der Waals surface area (Å²) in [6, 6.07) is 16.7. The first-order chi connectivity index (χ1) is 17.7. The van der Waals surface area contributed by atoms with Gasteiger partial charge in [-0.1, -0.05) is 35.9 Å². The van der Waals surface area contributed by atoms with Gasteiger partial charge in [0.2, 0.25) is 0 Å². The highest BCUT2D eigenvalue weighted by Crippen LogP contribution is 2.40. The maximum absolute atomic E-state index is 13.0. The Morgan fingerprint density at radius 2 is 1.84 bits per heavy atom. The third kappa shape index (κ3) is 6.51. The van der Waals surface area contributed by atoms with Crippen molar-refractivity contribution in [2.75, 3.05) is 6.61 Å². The molecule has 11 heteroatoms. The number of imide groups is 1. The van der Waals surface area contributed by atoms with Crippen molar-refractivity contribution in [3.63, 3.8) is 0 Å². The van der Waals surface area contributed by atoms with Crippen molar-refractivity contribution < 1.29 is 24.0 Å². The van der Waals surface area contributed by atoms with Crippen LogP contribution in [-0.4, -0.2) is 27.6 Å². The minimum atomic E-state index is -0.520. The van der Waals surface area contributed by atoms with Gasteiger partial charge in [0.1, 0.15) is 6.61 Å². The molecule has 3 aromatic carbocycles. The van der Waals surface area contributed by atoms with Crippen LogP contribution in [-0.2, 0) is 17.9 Å². The van der Waals surface area contributed by atoms with Crippen LogP contribution in [0.3, 0.4) is 0 Å². The van der Waals surface area contributed by atoms with Crippen molar-refractivity contribution >= 4 is 62.2 Å². The third-order valence-corrected chi connectivity index (χ3v) is 7.01. The zero-order chi connectivity index (χ0) is 26.5. The first kappa shape index (κ1) is 26.7. The molecule has 0 aliphatic carbocycles. The number of hydrogen-bond acceptors (Lipinski definition) is 7. The number of amides is 2. The summed E-state index contributed by atoms with van der Waals surface area (Å²) >= 11 is 10.3. The Morgan fingerprint density at radius 1 is 1.08 bits per heavy atom. The summed E-state index contributed by atoms with van der Waals surface area (Å²) in [4.78, 5) is 37.4. The van der Waals surface area contributed by atoms with Gasteiger partial charge in [-0.15, -0.1) is 0 Å². The topological polar surface area (TPSA) is 99.0 Å². The maximum atomic E-state index is 13.0. The molecule has 2 amide bonds. The summed E-state index contributed by atoms with van der Waals surface area (Å²) in [7, 11) is 0. The summed E-state index contributed by atoms with van der Waals surface area (Å²) in [5.74, 6) is 0.513. The van der Waals surface area contributed by atoms with Gasteiger partial charge in [-0.2, -0.15) is 0 Å². The number of nitrogens with zero attached hydrogens (tertiary/aromatic N) is 2. The van der Waals surface area contributed by atoms with Crippen molar-refractivity contribution in [2.45, 2.75) is 20.1 Å². The molecule has 4 rings (SSSR count). The van der Waals surface area contributed by atoms with Crippen molar-refractivity contribution in [1.82, 2.24) is 4.90 Å². The lowest BCUT2D eigenvalue weighted by Gasteiger charge is -2.15. The molecule has 1 heterocycles. The van der Waals surface area contributed by atoms with Crippen LogP contribution in [0.15, 0.2) is 70.0 Å². The number of nitro benzene ring substituents is 1. The zero-order valence-electron chi connectivity index (χ0n) is 19.5. The average molecular weight is 604 g/mol. The third-order valence-electron chi connectivity index (χ3n) is 5.26. The number of rotatable bonds is 9. The van der Waals surface area contributed by atoms with E-state index in [-0.39, 0.29) is 17.1 Å². The van der Waals surface area contributed by atoms with E-state index in [2.05, 4.69) is 15.9 Å².